The summed E-state index contributed by atoms with van der Waals surface area (Å²) in [6.45, 7) is 5.27. The Morgan fingerprint density at radius 2 is 1.72 bits per heavy atom. The van der Waals surface area contributed by atoms with E-state index in [1.165, 1.54) is 11.1 Å². The monoisotopic (exact) mass is 425 g/mol. The molecule has 1 heterocycles. The van der Waals surface area contributed by atoms with E-state index >= 15 is 0 Å². The van der Waals surface area contributed by atoms with E-state index in [2.05, 4.69) is 61.0 Å². The predicted octanol–water partition coefficient (Wildman–Crippen LogP) is 4.94. The van der Waals surface area contributed by atoms with E-state index in [4.69, 9.17) is 10.8 Å². The van der Waals surface area contributed by atoms with E-state index in [9.17, 15) is 4.79 Å². The lowest BCUT2D eigenvalue weighted by Crippen LogP contribution is -2.28. The van der Waals surface area contributed by atoms with Gasteiger partial charge in [0.05, 0.1) is 11.4 Å². The molecule has 0 saturated heterocycles. The fourth-order valence-electron chi connectivity index (χ4n) is 3.68. The maximum absolute atomic E-state index is 10.9. The van der Waals surface area contributed by atoms with Gasteiger partial charge in [0, 0.05) is 36.1 Å². The molecule has 0 unspecified atom stereocenters. The Kier molecular flexibility index (Phi) is 6.22. The summed E-state index contributed by atoms with van der Waals surface area (Å²) in [7, 11) is 0. The number of hydrogen-bond donors (Lipinski definition) is 3. The molecule has 0 fully saturated rings. The number of rotatable bonds is 7. The average Bonchev–Trinajstić information content (AvgIpc) is 3.21. The molecule has 3 aromatic carbocycles. The number of nitrogens with one attached hydrogen (secondary N) is 2. The molecule has 0 saturated carbocycles. The van der Waals surface area contributed by atoms with Crippen molar-refractivity contribution in [1.29, 1.82) is 0 Å². The predicted molar refractivity (Wildman–Crippen MR) is 129 cm³/mol. The number of primary amides is 1. The van der Waals surface area contributed by atoms with Crippen LogP contribution in [0.3, 0.4) is 0 Å². The third kappa shape index (κ3) is 4.98. The van der Waals surface area contributed by atoms with Gasteiger partial charge in [-0.3, -0.25) is 0 Å². The molecule has 32 heavy (non-hydrogen) atoms. The van der Waals surface area contributed by atoms with Crippen LogP contribution in [0.25, 0.3) is 16.9 Å². The van der Waals surface area contributed by atoms with Gasteiger partial charge >= 0.3 is 6.03 Å². The van der Waals surface area contributed by atoms with Crippen molar-refractivity contribution >= 4 is 11.7 Å². The van der Waals surface area contributed by atoms with Crippen molar-refractivity contribution in [1.82, 2.24) is 15.1 Å². The standard InChI is InChI=1S/C26H27N5O/c1-18-8-13-24(19(2)14-18)25-21(17-31(30-25)23-6-4-3-5-7-23)16-28-22-11-9-20(10-12-22)15-29-26(27)32/h3-14,17,28H,15-16H2,1-2H3,(H3,27,29,32). The van der Waals surface area contributed by atoms with Crippen molar-refractivity contribution in [2.75, 3.05) is 5.32 Å². The number of urea groups is 1. The van der Waals surface area contributed by atoms with E-state index < -0.39 is 6.03 Å². The molecule has 0 radical (unpaired) electrons. The maximum atomic E-state index is 10.9. The minimum atomic E-state index is -0.526. The van der Waals surface area contributed by atoms with Crippen LogP contribution in [-0.4, -0.2) is 15.8 Å². The maximum Gasteiger partial charge on any atom is 0.312 e. The zero-order valence-corrected chi connectivity index (χ0v) is 18.3. The highest BCUT2D eigenvalue weighted by atomic mass is 16.2. The number of aromatic nitrogens is 2. The van der Waals surface area contributed by atoms with Crippen LogP contribution in [0, 0.1) is 13.8 Å². The Balaban J connectivity index is 1.59. The highest BCUT2D eigenvalue weighted by Crippen LogP contribution is 2.28. The molecule has 2 amide bonds. The van der Waals surface area contributed by atoms with Gasteiger partial charge in [-0.05, 0) is 49.2 Å². The molecule has 6 heteroatoms. The smallest absolute Gasteiger partial charge is 0.312 e. The molecule has 6 nitrogen and oxygen atoms in total. The van der Waals surface area contributed by atoms with E-state index in [0.717, 1.165) is 33.8 Å². The van der Waals surface area contributed by atoms with Crippen LogP contribution in [0.15, 0.2) is 79.0 Å². The van der Waals surface area contributed by atoms with Crippen molar-refractivity contribution < 1.29 is 4.79 Å². The van der Waals surface area contributed by atoms with Crippen LogP contribution in [0.5, 0.6) is 0 Å². The van der Waals surface area contributed by atoms with Gasteiger partial charge in [0.2, 0.25) is 0 Å². The molecule has 1 aromatic heterocycles. The molecule has 0 spiro atoms. The third-order valence-corrected chi connectivity index (χ3v) is 5.35. The van der Waals surface area contributed by atoms with Crippen LogP contribution in [0.1, 0.15) is 22.3 Å². The molecule has 0 aliphatic carbocycles. The highest BCUT2D eigenvalue weighted by Gasteiger charge is 2.14. The first-order valence-electron chi connectivity index (χ1n) is 10.6. The second-order valence-corrected chi connectivity index (χ2v) is 7.87. The summed E-state index contributed by atoms with van der Waals surface area (Å²) < 4.78 is 1.93. The van der Waals surface area contributed by atoms with Gasteiger partial charge in [-0.2, -0.15) is 5.10 Å². The second-order valence-electron chi connectivity index (χ2n) is 7.87. The number of hydrogen-bond acceptors (Lipinski definition) is 3. The molecular weight excluding hydrogens is 398 g/mol. The molecule has 0 atom stereocenters. The Morgan fingerprint density at radius 1 is 0.969 bits per heavy atom. The largest absolute Gasteiger partial charge is 0.381 e. The number of carbonyl (C=O) groups is 1. The molecular formula is C26H27N5O. The van der Waals surface area contributed by atoms with E-state index in [-0.39, 0.29) is 0 Å². The van der Waals surface area contributed by atoms with Crippen LogP contribution >= 0.6 is 0 Å². The molecule has 0 aliphatic heterocycles. The summed E-state index contributed by atoms with van der Waals surface area (Å²) in [6.07, 6.45) is 2.09. The molecule has 162 valence electrons. The first-order valence-corrected chi connectivity index (χ1v) is 10.6. The summed E-state index contributed by atoms with van der Waals surface area (Å²) in [5.41, 5.74) is 13.8. The van der Waals surface area contributed by atoms with Gasteiger partial charge in [0.1, 0.15) is 0 Å². The van der Waals surface area contributed by atoms with Crippen molar-refractivity contribution in [2.24, 2.45) is 5.73 Å². The Morgan fingerprint density at radius 3 is 2.41 bits per heavy atom. The number of nitrogens with two attached hydrogens (primary N) is 1. The molecule has 4 N–H and O–H groups in total. The zero-order chi connectivity index (χ0) is 22.5. The number of amides is 2. The Labute approximate surface area is 188 Å². The number of carbonyl (C=O) groups excluding carboxylic acids is 1. The normalized spacial score (nSPS) is 10.7. The number of benzene rings is 3. The summed E-state index contributed by atoms with van der Waals surface area (Å²) in [5.74, 6) is 0. The highest BCUT2D eigenvalue weighted by molar-refractivity contribution is 5.71. The minimum Gasteiger partial charge on any atom is -0.381 e. The third-order valence-electron chi connectivity index (χ3n) is 5.35. The van der Waals surface area contributed by atoms with Gasteiger partial charge in [0.15, 0.2) is 0 Å². The number of para-hydroxylation sites is 1. The summed E-state index contributed by atoms with van der Waals surface area (Å²) >= 11 is 0. The van der Waals surface area contributed by atoms with Gasteiger partial charge in [-0.15, -0.1) is 0 Å². The molecule has 4 aromatic rings. The van der Waals surface area contributed by atoms with Crippen LogP contribution < -0.4 is 16.4 Å². The lowest BCUT2D eigenvalue weighted by molar-refractivity contribution is 0.248. The first kappa shape index (κ1) is 21.2. The van der Waals surface area contributed by atoms with Crippen molar-refractivity contribution in [3.05, 3.63) is 101 Å². The lowest BCUT2D eigenvalue weighted by atomic mass is 10.0. The van der Waals surface area contributed by atoms with Crippen molar-refractivity contribution in [3.8, 4) is 16.9 Å². The van der Waals surface area contributed by atoms with Crippen molar-refractivity contribution in [2.45, 2.75) is 26.9 Å². The van der Waals surface area contributed by atoms with Gasteiger partial charge < -0.3 is 16.4 Å². The van der Waals surface area contributed by atoms with Crippen molar-refractivity contribution in [3.63, 3.8) is 0 Å². The van der Waals surface area contributed by atoms with Gasteiger partial charge in [0.25, 0.3) is 0 Å². The van der Waals surface area contributed by atoms with Gasteiger partial charge in [-0.25, -0.2) is 9.48 Å². The van der Waals surface area contributed by atoms with Crippen LogP contribution in [0.4, 0.5) is 10.5 Å². The van der Waals surface area contributed by atoms with Crippen LogP contribution in [0.2, 0.25) is 0 Å². The minimum absolute atomic E-state index is 0.413. The van der Waals surface area contributed by atoms with E-state index in [0.29, 0.717) is 13.1 Å². The van der Waals surface area contributed by atoms with E-state index in [1.54, 1.807) is 0 Å². The molecule has 0 aliphatic rings. The first-order chi connectivity index (χ1) is 15.5. The Bertz CT molecular complexity index is 1210. The fraction of sp³-hybridized carbons (Fsp3) is 0.154. The topological polar surface area (TPSA) is 85.0 Å². The summed E-state index contributed by atoms with van der Waals surface area (Å²) in [5, 5.41) is 11.0. The van der Waals surface area contributed by atoms with Gasteiger partial charge in [-0.1, -0.05) is 54.1 Å². The van der Waals surface area contributed by atoms with Crippen LogP contribution in [-0.2, 0) is 13.1 Å². The molecule has 0 bridgehead atoms. The number of nitrogens with zero attached hydrogens (tertiary/aromatic N) is 2. The number of anilines is 1. The summed E-state index contributed by atoms with van der Waals surface area (Å²) in [4.78, 5) is 10.9. The fourth-order valence-corrected chi connectivity index (χ4v) is 3.68. The second kappa shape index (κ2) is 9.39. The molecule has 4 rings (SSSR count). The number of aryl methyl sites for hydroxylation is 2. The SMILES string of the molecule is Cc1ccc(-c2nn(-c3ccccc3)cc2CNc2ccc(CNC(N)=O)cc2)c(C)c1. The summed E-state index contributed by atoms with van der Waals surface area (Å²) in [6, 6.07) is 24.0. The zero-order valence-electron chi connectivity index (χ0n) is 18.3. The Hall–Kier alpha value is -4.06. The quantitative estimate of drug-likeness (QED) is 0.392. The van der Waals surface area contributed by atoms with E-state index in [1.807, 2.05) is 47.1 Å². The lowest BCUT2D eigenvalue weighted by Gasteiger charge is -2.10. The average molecular weight is 426 g/mol.